The predicted octanol–water partition coefficient (Wildman–Crippen LogP) is 3.28. The van der Waals surface area contributed by atoms with Gasteiger partial charge < -0.3 is 5.32 Å². The van der Waals surface area contributed by atoms with Gasteiger partial charge in [0.1, 0.15) is 0 Å². The Morgan fingerprint density at radius 3 is 2.42 bits per heavy atom. The Morgan fingerprint density at radius 1 is 1.08 bits per heavy atom. The van der Waals surface area contributed by atoms with E-state index in [2.05, 4.69) is 10.0 Å². The lowest BCUT2D eigenvalue weighted by atomic mass is 9.94. The maximum absolute atomic E-state index is 11.9. The SMILES string of the molecule is CC(CNS(=O)(=O)C(C)C)c1ccc(-c2cccc3c2CC(=O)N3)cc1. The first-order valence-electron chi connectivity index (χ1n) is 8.78. The van der Waals surface area contributed by atoms with E-state index in [0.717, 1.165) is 27.9 Å². The molecule has 2 aromatic carbocycles. The van der Waals surface area contributed by atoms with Crippen LogP contribution in [0.4, 0.5) is 5.69 Å². The van der Waals surface area contributed by atoms with E-state index in [1.54, 1.807) is 13.8 Å². The first kappa shape index (κ1) is 18.6. The standard InChI is InChI=1S/C20H24N2O3S/c1-13(2)26(24,25)21-12-14(3)15-7-9-16(10-8-15)17-5-4-6-19-18(17)11-20(23)22-19/h4-10,13-14,21H,11-12H2,1-3H3,(H,22,23). The molecule has 0 aliphatic carbocycles. The van der Waals surface area contributed by atoms with Crippen molar-refractivity contribution in [1.29, 1.82) is 0 Å². The van der Waals surface area contributed by atoms with Gasteiger partial charge in [-0.25, -0.2) is 13.1 Å². The number of hydrogen-bond acceptors (Lipinski definition) is 3. The van der Waals surface area contributed by atoms with Crippen LogP contribution in [-0.2, 0) is 21.2 Å². The number of rotatable bonds is 6. The normalized spacial score (nSPS) is 15.0. The van der Waals surface area contributed by atoms with E-state index < -0.39 is 15.3 Å². The molecule has 5 nitrogen and oxygen atoms in total. The summed E-state index contributed by atoms with van der Waals surface area (Å²) in [6.07, 6.45) is 0.403. The Kier molecular flexibility index (Phi) is 5.16. The lowest BCUT2D eigenvalue weighted by Gasteiger charge is -2.16. The molecule has 3 rings (SSSR count). The fourth-order valence-corrected chi connectivity index (χ4v) is 3.85. The summed E-state index contributed by atoms with van der Waals surface area (Å²) in [5, 5.41) is 2.44. The van der Waals surface area contributed by atoms with Crippen molar-refractivity contribution in [2.24, 2.45) is 0 Å². The minimum Gasteiger partial charge on any atom is -0.326 e. The molecule has 1 atom stereocenters. The molecule has 1 unspecified atom stereocenters. The molecule has 0 radical (unpaired) electrons. The molecule has 1 amide bonds. The second-order valence-corrected chi connectivity index (χ2v) is 9.34. The van der Waals surface area contributed by atoms with Gasteiger partial charge in [-0.1, -0.05) is 43.3 Å². The van der Waals surface area contributed by atoms with Crippen molar-refractivity contribution >= 4 is 21.6 Å². The van der Waals surface area contributed by atoms with Gasteiger partial charge in [-0.2, -0.15) is 0 Å². The minimum atomic E-state index is -3.25. The topological polar surface area (TPSA) is 75.3 Å². The Balaban J connectivity index is 1.76. The predicted molar refractivity (Wildman–Crippen MR) is 105 cm³/mol. The number of anilines is 1. The summed E-state index contributed by atoms with van der Waals surface area (Å²) in [4.78, 5) is 11.7. The molecule has 2 N–H and O–H groups in total. The Labute approximate surface area is 154 Å². The van der Waals surface area contributed by atoms with Gasteiger partial charge in [0.25, 0.3) is 0 Å². The van der Waals surface area contributed by atoms with E-state index in [0.29, 0.717) is 13.0 Å². The molecule has 0 saturated heterocycles. The summed E-state index contributed by atoms with van der Waals surface area (Å²) in [5.41, 5.74) is 5.09. The lowest BCUT2D eigenvalue weighted by Crippen LogP contribution is -2.33. The highest BCUT2D eigenvalue weighted by Gasteiger charge is 2.21. The summed E-state index contributed by atoms with van der Waals surface area (Å²) in [6.45, 7) is 5.71. The highest BCUT2D eigenvalue weighted by atomic mass is 32.2. The van der Waals surface area contributed by atoms with Crippen molar-refractivity contribution in [3.05, 3.63) is 53.6 Å². The molecular formula is C20H24N2O3S. The zero-order chi connectivity index (χ0) is 18.9. The van der Waals surface area contributed by atoms with Crippen molar-refractivity contribution in [3.63, 3.8) is 0 Å². The van der Waals surface area contributed by atoms with Crippen molar-refractivity contribution < 1.29 is 13.2 Å². The number of carbonyl (C=O) groups is 1. The molecule has 2 aromatic rings. The third-order valence-electron chi connectivity index (χ3n) is 4.79. The molecule has 6 heteroatoms. The van der Waals surface area contributed by atoms with Gasteiger partial charge in [0, 0.05) is 12.2 Å². The molecule has 0 aromatic heterocycles. The van der Waals surface area contributed by atoms with Crippen LogP contribution in [0.5, 0.6) is 0 Å². The number of amides is 1. The smallest absolute Gasteiger partial charge is 0.228 e. The molecular weight excluding hydrogens is 348 g/mol. The third kappa shape index (κ3) is 3.81. The zero-order valence-corrected chi connectivity index (χ0v) is 16.1. The van der Waals surface area contributed by atoms with Crippen LogP contribution in [0.15, 0.2) is 42.5 Å². The summed E-state index contributed by atoms with van der Waals surface area (Å²) in [7, 11) is -3.25. The molecule has 1 aliphatic heterocycles. The summed E-state index contributed by atoms with van der Waals surface area (Å²) < 4.78 is 26.5. The van der Waals surface area contributed by atoms with Crippen molar-refractivity contribution in [1.82, 2.24) is 4.72 Å². The molecule has 1 aliphatic rings. The Morgan fingerprint density at radius 2 is 1.77 bits per heavy atom. The molecule has 138 valence electrons. The van der Waals surface area contributed by atoms with E-state index >= 15 is 0 Å². The van der Waals surface area contributed by atoms with Crippen LogP contribution >= 0.6 is 0 Å². The first-order chi connectivity index (χ1) is 12.3. The molecule has 0 spiro atoms. The molecule has 0 bridgehead atoms. The van der Waals surface area contributed by atoms with Crippen molar-refractivity contribution in [2.45, 2.75) is 38.4 Å². The van der Waals surface area contributed by atoms with E-state index in [1.165, 1.54) is 0 Å². The van der Waals surface area contributed by atoms with Crippen LogP contribution in [0.3, 0.4) is 0 Å². The van der Waals surface area contributed by atoms with Crippen molar-refractivity contribution in [3.8, 4) is 11.1 Å². The van der Waals surface area contributed by atoms with Crippen LogP contribution in [0.2, 0.25) is 0 Å². The Bertz CT molecular complexity index is 919. The summed E-state index contributed by atoms with van der Waals surface area (Å²) in [6, 6.07) is 14.0. The average Bonchev–Trinajstić information content (AvgIpc) is 3.00. The maximum Gasteiger partial charge on any atom is 0.228 e. The third-order valence-corrected chi connectivity index (χ3v) is 6.60. The lowest BCUT2D eigenvalue weighted by molar-refractivity contribution is -0.115. The molecule has 0 saturated carbocycles. The number of benzene rings is 2. The summed E-state index contributed by atoms with van der Waals surface area (Å²) >= 11 is 0. The number of fused-ring (bicyclic) bond motifs is 1. The second-order valence-electron chi connectivity index (χ2n) is 7.02. The van der Waals surface area contributed by atoms with Crippen molar-refractivity contribution in [2.75, 3.05) is 11.9 Å². The fraction of sp³-hybridized carbons (Fsp3) is 0.350. The minimum absolute atomic E-state index is 0.0233. The average molecular weight is 372 g/mol. The van der Waals surface area contributed by atoms with Crippen LogP contribution in [0, 0.1) is 0 Å². The van der Waals surface area contributed by atoms with Crippen LogP contribution in [0.1, 0.15) is 37.8 Å². The van der Waals surface area contributed by atoms with Crippen LogP contribution in [0.25, 0.3) is 11.1 Å². The number of hydrogen-bond donors (Lipinski definition) is 2. The van der Waals surface area contributed by atoms with E-state index in [-0.39, 0.29) is 11.8 Å². The highest BCUT2D eigenvalue weighted by Crippen LogP contribution is 2.33. The molecule has 1 heterocycles. The number of nitrogens with one attached hydrogen (secondary N) is 2. The van der Waals surface area contributed by atoms with Gasteiger partial charge in [-0.15, -0.1) is 0 Å². The fourth-order valence-electron chi connectivity index (χ4n) is 3.04. The monoisotopic (exact) mass is 372 g/mol. The number of carbonyl (C=O) groups excluding carboxylic acids is 1. The van der Waals surface area contributed by atoms with E-state index in [4.69, 9.17) is 0 Å². The Hall–Kier alpha value is -2.18. The molecule has 0 fully saturated rings. The largest absolute Gasteiger partial charge is 0.326 e. The maximum atomic E-state index is 11.9. The van der Waals surface area contributed by atoms with Crippen LogP contribution in [-0.4, -0.2) is 26.1 Å². The van der Waals surface area contributed by atoms with Gasteiger partial charge in [0.15, 0.2) is 0 Å². The van der Waals surface area contributed by atoms with E-state index in [1.807, 2.05) is 49.4 Å². The molecule has 26 heavy (non-hydrogen) atoms. The van der Waals surface area contributed by atoms with Gasteiger partial charge in [-0.05, 0) is 48.1 Å². The van der Waals surface area contributed by atoms with Gasteiger partial charge in [-0.3, -0.25) is 4.79 Å². The zero-order valence-electron chi connectivity index (χ0n) is 15.2. The first-order valence-corrected chi connectivity index (χ1v) is 10.3. The number of sulfonamides is 1. The second kappa shape index (κ2) is 7.21. The highest BCUT2D eigenvalue weighted by molar-refractivity contribution is 7.90. The van der Waals surface area contributed by atoms with Gasteiger partial charge in [0.05, 0.1) is 11.7 Å². The quantitative estimate of drug-likeness (QED) is 0.817. The van der Waals surface area contributed by atoms with Crippen LogP contribution < -0.4 is 10.0 Å². The van der Waals surface area contributed by atoms with Gasteiger partial charge >= 0.3 is 0 Å². The summed E-state index contributed by atoms with van der Waals surface area (Å²) in [5.74, 6) is 0.0948. The van der Waals surface area contributed by atoms with Gasteiger partial charge in [0.2, 0.25) is 15.9 Å². The van der Waals surface area contributed by atoms with E-state index in [9.17, 15) is 13.2 Å².